The molecule has 0 spiro atoms. The van der Waals surface area contributed by atoms with Crippen LogP contribution in [-0.4, -0.2) is 31.5 Å². The van der Waals surface area contributed by atoms with Gasteiger partial charge in [-0.3, -0.25) is 4.79 Å². The molecule has 0 saturated heterocycles. The van der Waals surface area contributed by atoms with Crippen molar-refractivity contribution in [3.05, 3.63) is 30.9 Å². The van der Waals surface area contributed by atoms with Crippen molar-refractivity contribution in [2.24, 2.45) is 0 Å². The topological polar surface area (TPSA) is 47.6 Å². The van der Waals surface area contributed by atoms with Gasteiger partial charge in [-0.05, 0) is 6.08 Å². The molecule has 0 bridgehead atoms. The van der Waals surface area contributed by atoms with Gasteiger partial charge in [0.1, 0.15) is 11.5 Å². The predicted octanol–water partition coefficient (Wildman–Crippen LogP) is 3.69. The average molecular weight is 343 g/mol. The molecular weight excluding hydrogens is 332 g/mol. The SMILES string of the molecule is C=CC(=O)Nc1cc(OCC(F)(F)F)cc(OCC(F)(F)F)c1. The summed E-state index contributed by atoms with van der Waals surface area (Å²) in [6.07, 6.45) is -8.39. The standard InChI is InChI=1S/C13H11F6NO3/c1-2-11(21)20-8-3-9(22-6-12(14,15)16)5-10(4-8)23-7-13(17,18)19/h2-5H,1,6-7H2,(H,20,21). The number of alkyl halides is 6. The summed E-state index contributed by atoms with van der Waals surface area (Å²) in [5.74, 6) is -1.54. The molecule has 1 N–H and O–H groups in total. The van der Waals surface area contributed by atoms with Gasteiger partial charge in [0, 0.05) is 23.9 Å². The minimum Gasteiger partial charge on any atom is -0.484 e. The normalized spacial score (nSPS) is 11.7. The first-order chi connectivity index (χ1) is 10.5. The van der Waals surface area contributed by atoms with E-state index < -0.39 is 43.0 Å². The van der Waals surface area contributed by atoms with E-state index in [1.807, 2.05) is 0 Å². The summed E-state index contributed by atoms with van der Waals surface area (Å²) in [7, 11) is 0. The number of carbonyl (C=O) groups excluding carboxylic acids is 1. The molecule has 0 atom stereocenters. The molecule has 23 heavy (non-hydrogen) atoms. The maximum atomic E-state index is 12.1. The van der Waals surface area contributed by atoms with Crippen molar-refractivity contribution >= 4 is 11.6 Å². The van der Waals surface area contributed by atoms with Crippen molar-refractivity contribution in [2.75, 3.05) is 18.5 Å². The van der Waals surface area contributed by atoms with Gasteiger partial charge in [0.25, 0.3) is 0 Å². The predicted molar refractivity (Wildman–Crippen MR) is 68.4 cm³/mol. The first-order valence-corrected chi connectivity index (χ1v) is 5.96. The minimum atomic E-state index is -4.63. The zero-order valence-corrected chi connectivity index (χ0v) is 11.4. The summed E-state index contributed by atoms with van der Waals surface area (Å²) in [5.41, 5.74) is -0.105. The third-order valence-corrected chi connectivity index (χ3v) is 2.14. The number of benzene rings is 1. The van der Waals surface area contributed by atoms with E-state index >= 15 is 0 Å². The zero-order valence-electron chi connectivity index (χ0n) is 11.4. The molecule has 0 radical (unpaired) electrons. The fourth-order valence-corrected chi connectivity index (χ4v) is 1.33. The lowest BCUT2D eigenvalue weighted by Gasteiger charge is -2.14. The van der Waals surface area contributed by atoms with Crippen LogP contribution in [-0.2, 0) is 4.79 Å². The molecule has 1 amide bonds. The number of anilines is 1. The summed E-state index contributed by atoms with van der Waals surface area (Å²) in [4.78, 5) is 11.2. The van der Waals surface area contributed by atoms with Crippen LogP contribution in [0, 0.1) is 0 Å². The highest BCUT2D eigenvalue weighted by atomic mass is 19.4. The van der Waals surface area contributed by atoms with Gasteiger partial charge >= 0.3 is 12.4 Å². The molecule has 4 nitrogen and oxygen atoms in total. The lowest BCUT2D eigenvalue weighted by atomic mass is 10.2. The Morgan fingerprint density at radius 1 is 1.00 bits per heavy atom. The number of ether oxygens (including phenoxy) is 2. The molecule has 128 valence electrons. The molecular formula is C13H11F6NO3. The molecule has 0 saturated carbocycles. The fourth-order valence-electron chi connectivity index (χ4n) is 1.33. The fraction of sp³-hybridized carbons (Fsp3) is 0.308. The maximum Gasteiger partial charge on any atom is 0.422 e. The van der Waals surface area contributed by atoms with E-state index in [9.17, 15) is 31.1 Å². The molecule has 0 aromatic heterocycles. The van der Waals surface area contributed by atoms with Gasteiger partial charge in [0.15, 0.2) is 13.2 Å². The van der Waals surface area contributed by atoms with Gasteiger partial charge in [0.05, 0.1) is 0 Å². The summed E-state index contributed by atoms with van der Waals surface area (Å²) in [6.45, 7) is -0.130. The minimum absolute atomic E-state index is 0.105. The molecule has 0 unspecified atom stereocenters. The van der Waals surface area contributed by atoms with E-state index in [0.717, 1.165) is 24.3 Å². The number of rotatable bonds is 6. The smallest absolute Gasteiger partial charge is 0.422 e. The molecule has 0 aliphatic carbocycles. The second-order valence-corrected chi connectivity index (χ2v) is 4.19. The van der Waals surface area contributed by atoms with Gasteiger partial charge in [-0.1, -0.05) is 6.58 Å². The average Bonchev–Trinajstić information content (AvgIpc) is 2.41. The molecule has 1 aromatic rings. The first kappa shape index (κ1) is 18.7. The monoisotopic (exact) mass is 343 g/mol. The largest absolute Gasteiger partial charge is 0.484 e. The van der Waals surface area contributed by atoms with Crippen LogP contribution >= 0.6 is 0 Å². The Hall–Kier alpha value is -2.39. The van der Waals surface area contributed by atoms with Crippen LogP contribution < -0.4 is 14.8 Å². The Morgan fingerprint density at radius 2 is 1.43 bits per heavy atom. The van der Waals surface area contributed by atoms with E-state index in [0.29, 0.717) is 0 Å². The van der Waals surface area contributed by atoms with Crippen molar-refractivity contribution < 1.29 is 40.6 Å². The van der Waals surface area contributed by atoms with E-state index in [-0.39, 0.29) is 5.69 Å². The Bertz CT molecular complexity index is 532. The summed E-state index contributed by atoms with van der Waals surface area (Å²) in [5, 5.41) is 2.19. The molecule has 0 heterocycles. The number of carbonyl (C=O) groups is 1. The third kappa shape index (κ3) is 7.98. The molecule has 0 aliphatic rings. The summed E-state index contributed by atoms with van der Waals surface area (Å²) < 4.78 is 81.6. The lowest BCUT2D eigenvalue weighted by molar-refractivity contribution is -0.153. The van der Waals surface area contributed by atoms with Crippen molar-refractivity contribution in [3.63, 3.8) is 0 Å². The van der Waals surface area contributed by atoms with E-state index in [1.54, 1.807) is 0 Å². The molecule has 1 aromatic carbocycles. The number of halogens is 6. The van der Waals surface area contributed by atoms with Crippen molar-refractivity contribution in [2.45, 2.75) is 12.4 Å². The first-order valence-electron chi connectivity index (χ1n) is 5.96. The third-order valence-electron chi connectivity index (χ3n) is 2.14. The Balaban J connectivity index is 2.96. The highest BCUT2D eigenvalue weighted by Gasteiger charge is 2.30. The van der Waals surface area contributed by atoms with Crippen molar-refractivity contribution in [1.29, 1.82) is 0 Å². The van der Waals surface area contributed by atoms with Crippen LogP contribution in [0.5, 0.6) is 11.5 Å². The summed E-state index contributed by atoms with van der Waals surface area (Å²) >= 11 is 0. The maximum absolute atomic E-state index is 12.1. The quantitative estimate of drug-likeness (QED) is 0.633. The molecule has 1 rings (SSSR count). The van der Waals surface area contributed by atoms with Gasteiger partial charge in [-0.25, -0.2) is 0 Å². The number of amides is 1. The van der Waals surface area contributed by atoms with Gasteiger partial charge in [-0.2, -0.15) is 26.3 Å². The Labute approximate surface area is 126 Å². The van der Waals surface area contributed by atoms with Crippen LogP contribution in [0.2, 0.25) is 0 Å². The number of hydrogen-bond acceptors (Lipinski definition) is 3. The van der Waals surface area contributed by atoms with Gasteiger partial charge < -0.3 is 14.8 Å². The Kier molecular flexibility index (Phi) is 5.88. The highest BCUT2D eigenvalue weighted by molar-refractivity contribution is 5.99. The number of hydrogen-bond donors (Lipinski definition) is 1. The van der Waals surface area contributed by atoms with Gasteiger partial charge in [-0.15, -0.1) is 0 Å². The zero-order chi connectivity index (χ0) is 17.7. The Morgan fingerprint density at radius 3 is 1.78 bits per heavy atom. The van der Waals surface area contributed by atoms with Crippen LogP contribution in [0.3, 0.4) is 0 Å². The van der Waals surface area contributed by atoms with Crippen LogP contribution in [0.4, 0.5) is 32.0 Å². The van der Waals surface area contributed by atoms with Crippen molar-refractivity contribution in [3.8, 4) is 11.5 Å². The van der Waals surface area contributed by atoms with Crippen molar-refractivity contribution in [1.82, 2.24) is 0 Å². The lowest BCUT2D eigenvalue weighted by Crippen LogP contribution is -2.20. The summed E-state index contributed by atoms with van der Waals surface area (Å²) in [6, 6.07) is 2.86. The second kappa shape index (κ2) is 7.25. The molecule has 0 fully saturated rings. The van der Waals surface area contributed by atoms with Crippen LogP contribution in [0.1, 0.15) is 0 Å². The van der Waals surface area contributed by atoms with E-state index in [2.05, 4.69) is 21.4 Å². The van der Waals surface area contributed by atoms with E-state index in [1.165, 1.54) is 0 Å². The molecule has 10 heteroatoms. The van der Waals surface area contributed by atoms with Gasteiger partial charge in [0.2, 0.25) is 5.91 Å². The highest BCUT2D eigenvalue weighted by Crippen LogP contribution is 2.29. The van der Waals surface area contributed by atoms with Crippen LogP contribution in [0.25, 0.3) is 0 Å². The molecule has 0 aliphatic heterocycles. The second-order valence-electron chi connectivity index (χ2n) is 4.19. The van der Waals surface area contributed by atoms with Crippen LogP contribution in [0.15, 0.2) is 30.9 Å². The number of nitrogens with one attached hydrogen (secondary N) is 1. The van der Waals surface area contributed by atoms with E-state index in [4.69, 9.17) is 0 Å².